The predicted octanol–water partition coefficient (Wildman–Crippen LogP) is 5.12. The summed E-state index contributed by atoms with van der Waals surface area (Å²) >= 11 is 0. The number of hydrogen-bond donors (Lipinski definition) is 0. The molecule has 0 fully saturated rings. The Hall–Kier alpha value is -3.73. The highest BCUT2D eigenvalue weighted by Crippen LogP contribution is 2.32. The van der Waals surface area contributed by atoms with Gasteiger partial charge < -0.3 is 0 Å². The second-order valence-corrected chi connectivity index (χ2v) is 6.18. The van der Waals surface area contributed by atoms with Crippen LogP contribution >= 0.6 is 0 Å². The minimum Gasteiger partial charge on any atom is -0.258 e. The van der Waals surface area contributed by atoms with E-state index in [2.05, 4.69) is 18.2 Å². The Morgan fingerprint density at radius 3 is 2.11 bits per heavy atom. The first kappa shape index (κ1) is 16.7. The van der Waals surface area contributed by atoms with Gasteiger partial charge in [0.2, 0.25) is 0 Å². The van der Waals surface area contributed by atoms with Crippen molar-refractivity contribution in [1.82, 2.24) is 0 Å². The van der Waals surface area contributed by atoms with Crippen molar-refractivity contribution in [1.29, 1.82) is 0 Å². The van der Waals surface area contributed by atoms with Crippen LogP contribution < -0.4 is 5.01 Å². The van der Waals surface area contributed by atoms with E-state index in [-0.39, 0.29) is 11.7 Å². The third-order valence-electron chi connectivity index (χ3n) is 4.45. The van der Waals surface area contributed by atoms with Crippen LogP contribution in [0.3, 0.4) is 0 Å². The van der Waals surface area contributed by atoms with Gasteiger partial charge in [0.1, 0.15) is 0 Å². The van der Waals surface area contributed by atoms with Gasteiger partial charge in [0.05, 0.1) is 22.4 Å². The third-order valence-corrected chi connectivity index (χ3v) is 4.45. The van der Waals surface area contributed by atoms with Crippen LogP contribution in [0.15, 0.2) is 102 Å². The predicted molar refractivity (Wildman–Crippen MR) is 107 cm³/mol. The zero-order valence-electron chi connectivity index (χ0n) is 14.5. The molecule has 0 aromatic heterocycles. The van der Waals surface area contributed by atoms with Gasteiger partial charge in [0.25, 0.3) is 5.69 Å². The van der Waals surface area contributed by atoms with E-state index in [0.29, 0.717) is 0 Å². The summed E-state index contributed by atoms with van der Waals surface area (Å²) in [6, 6.07) is 26.4. The molecule has 0 saturated carbocycles. The molecule has 3 aromatic carbocycles. The van der Waals surface area contributed by atoms with E-state index in [9.17, 15) is 10.1 Å². The number of non-ortho nitro benzene ring substituents is 1. The number of hydrogen-bond acceptors (Lipinski definition) is 4. The number of nitro benzene ring substituents is 1. The number of nitro groups is 1. The molecule has 1 unspecified atom stereocenters. The lowest BCUT2D eigenvalue weighted by molar-refractivity contribution is -0.384. The highest BCUT2D eigenvalue weighted by Gasteiger charge is 2.23. The van der Waals surface area contributed by atoms with Gasteiger partial charge in [0.15, 0.2) is 0 Å². The Bertz CT molecular complexity index is 997. The SMILES string of the molecule is O=[N+]([O-])c1ccc(N2N=C(c3ccccc3)C=CC2c2ccccc2)cc1. The number of hydrazone groups is 1. The van der Waals surface area contributed by atoms with Crippen molar-refractivity contribution in [3.63, 3.8) is 0 Å². The van der Waals surface area contributed by atoms with Crippen LogP contribution in [0.2, 0.25) is 0 Å². The summed E-state index contributed by atoms with van der Waals surface area (Å²) < 4.78 is 0. The zero-order chi connectivity index (χ0) is 18.6. The van der Waals surface area contributed by atoms with Crippen molar-refractivity contribution in [3.05, 3.63) is 118 Å². The van der Waals surface area contributed by atoms with E-state index >= 15 is 0 Å². The lowest BCUT2D eigenvalue weighted by Crippen LogP contribution is -2.26. The average molecular weight is 355 g/mol. The van der Waals surface area contributed by atoms with E-state index in [4.69, 9.17) is 5.10 Å². The fourth-order valence-electron chi connectivity index (χ4n) is 3.09. The van der Waals surface area contributed by atoms with Crippen molar-refractivity contribution < 1.29 is 4.92 Å². The molecule has 27 heavy (non-hydrogen) atoms. The summed E-state index contributed by atoms with van der Waals surface area (Å²) in [4.78, 5) is 10.6. The molecule has 0 aliphatic carbocycles. The van der Waals surface area contributed by atoms with Crippen LogP contribution in [-0.4, -0.2) is 10.6 Å². The zero-order valence-corrected chi connectivity index (χ0v) is 14.5. The van der Waals surface area contributed by atoms with Crippen molar-refractivity contribution >= 4 is 17.1 Å². The van der Waals surface area contributed by atoms with Gasteiger partial charge >= 0.3 is 0 Å². The minimum atomic E-state index is -0.396. The van der Waals surface area contributed by atoms with Crippen LogP contribution in [0.25, 0.3) is 0 Å². The Morgan fingerprint density at radius 2 is 1.48 bits per heavy atom. The lowest BCUT2D eigenvalue weighted by Gasteiger charge is -2.31. The maximum Gasteiger partial charge on any atom is 0.269 e. The van der Waals surface area contributed by atoms with Crippen LogP contribution in [0.5, 0.6) is 0 Å². The first-order chi connectivity index (χ1) is 13.2. The summed E-state index contributed by atoms with van der Waals surface area (Å²) in [5.74, 6) is 0. The van der Waals surface area contributed by atoms with Crippen molar-refractivity contribution in [2.24, 2.45) is 5.10 Å². The highest BCUT2D eigenvalue weighted by atomic mass is 16.6. The summed E-state index contributed by atoms with van der Waals surface area (Å²) in [6.07, 6.45) is 4.13. The molecule has 0 radical (unpaired) electrons. The maximum absolute atomic E-state index is 11.0. The third kappa shape index (κ3) is 3.48. The van der Waals surface area contributed by atoms with Crippen molar-refractivity contribution in [3.8, 4) is 0 Å². The van der Waals surface area contributed by atoms with Gasteiger partial charge in [-0.25, -0.2) is 0 Å². The molecular weight excluding hydrogens is 338 g/mol. The van der Waals surface area contributed by atoms with Gasteiger partial charge in [-0.2, -0.15) is 5.10 Å². The van der Waals surface area contributed by atoms with E-state index < -0.39 is 4.92 Å². The first-order valence-electron chi connectivity index (χ1n) is 8.63. The summed E-state index contributed by atoms with van der Waals surface area (Å²) in [5.41, 5.74) is 3.83. The van der Waals surface area contributed by atoms with Crippen molar-refractivity contribution in [2.75, 3.05) is 5.01 Å². The van der Waals surface area contributed by atoms with Crippen molar-refractivity contribution in [2.45, 2.75) is 6.04 Å². The second-order valence-electron chi connectivity index (χ2n) is 6.18. The minimum absolute atomic E-state index is 0.0647. The smallest absolute Gasteiger partial charge is 0.258 e. The number of benzene rings is 3. The van der Waals surface area contributed by atoms with Gasteiger partial charge in [-0.15, -0.1) is 0 Å². The number of allylic oxidation sites excluding steroid dienone is 1. The first-order valence-corrected chi connectivity index (χ1v) is 8.63. The van der Waals surface area contributed by atoms with E-state index in [1.165, 1.54) is 12.1 Å². The molecule has 0 amide bonds. The fourth-order valence-corrected chi connectivity index (χ4v) is 3.09. The molecule has 1 heterocycles. The molecule has 1 aliphatic heterocycles. The summed E-state index contributed by atoms with van der Waals surface area (Å²) in [7, 11) is 0. The Labute approximate surface area is 157 Å². The number of anilines is 1. The van der Waals surface area contributed by atoms with E-state index in [1.54, 1.807) is 12.1 Å². The Morgan fingerprint density at radius 1 is 0.852 bits per heavy atom. The lowest BCUT2D eigenvalue weighted by atomic mass is 10.0. The Kier molecular flexibility index (Phi) is 4.49. The summed E-state index contributed by atoms with van der Waals surface area (Å²) in [5, 5.41) is 17.7. The standard InChI is InChI=1S/C22H17N3O2/c26-25(27)20-13-11-19(12-14-20)24-22(18-9-5-2-6-10-18)16-15-21(23-24)17-7-3-1-4-8-17/h1-16,22H. The van der Waals surface area contributed by atoms with Crippen LogP contribution in [0.1, 0.15) is 17.2 Å². The molecule has 1 atom stereocenters. The molecule has 5 nitrogen and oxygen atoms in total. The number of nitrogens with zero attached hydrogens (tertiary/aromatic N) is 3. The largest absolute Gasteiger partial charge is 0.269 e. The van der Waals surface area contributed by atoms with Crippen LogP contribution in [0, 0.1) is 10.1 Å². The quantitative estimate of drug-likeness (QED) is 0.482. The van der Waals surface area contributed by atoms with Crippen LogP contribution in [0.4, 0.5) is 11.4 Å². The topological polar surface area (TPSA) is 58.7 Å². The monoisotopic (exact) mass is 355 g/mol. The molecular formula is C22H17N3O2. The molecule has 1 aliphatic rings. The number of rotatable bonds is 4. The Balaban J connectivity index is 1.76. The van der Waals surface area contributed by atoms with Gasteiger partial charge in [-0.3, -0.25) is 15.1 Å². The van der Waals surface area contributed by atoms with Gasteiger partial charge in [0, 0.05) is 17.7 Å². The molecule has 3 aromatic rings. The van der Waals surface area contributed by atoms with E-state index in [1.807, 2.05) is 59.6 Å². The normalized spacial score (nSPS) is 16.1. The van der Waals surface area contributed by atoms with E-state index in [0.717, 1.165) is 22.5 Å². The van der Waals surface area contributed by atoms with Gasteiger partial charge in [-0.05, 0) is 23.8 Å². The molecule has 0 bridgehead atoms. The molecule has 132 valence electrons. The molecule has 4 rings (SSSR count). The fraction of sp³-hybridized carbons (Fsp3) is 0.0455. The average Bonchev–Trinajstić information content (AvgIpc) is 2.74. The second kappa shape index (κ2) is 7.25. The highest BCUT2D eigenvalue weighted by molar-refractivity contribution is 6.09. The van der Waals surface area contributed by atoms with Crippen LogP contribution in [-0.2, 0) is 0 Å². The molecule has 5 heteroatoms. The maximum atomic E-state index is 11.0. The van der Waals surface area contributed by atoms with Gasteiger partial charge in [-0.1, -0.05) is 66.7 Å². The molecule has 0 N–H and O–H groups in total. The summed E-state index contributed by atoms with van der Waals surface area (Å²) in [6.45, 7) is 0. The molecule has 0 spiro atoms. The molecule has 0 saturated heterocycles.